The maximum Gasteiger partial charge on any atom is 0.431 e. The predicted molar refractivity (Wildman–Crippen MR) is 93.9 cm³/mol. The molecular formula is C15H13ClF3N3OS2. The molecule has 1 aromatic carbocycles. The van der Waals surface area contributed by atoms with Crippen LogP contribution in [0.25, 0.3) is 11.4 Å². The highest BCUT2D eigenvalue weighted by molar-refractivity contribution is 8.18. The number of allylic oxidation sites excluding steroid dienone is 1. The van der Waals surface area contributed by atoms with E-state index in [2.05, 4.69) is 10.1 Å². The third-order valence-electron chi connectivity index (χ3n) is 3.39. The van der Waals surface area contributed by atoms with Crippen LogP contribution in [-0.4, -0.2) is 32.5 Å². The molecule has 0 spiro atoms. The predicted octanol–water partition coefficient (Wildman–Crippen LogP) is 5.38. The van der Waals surface area contributed by atoms with E-state index in [1.807, 2.05) is 0 Å². The molecule has 1 aliphatic rings. The van der Waals surface area contributed by atoms with Crippen molar-refractivity contribution in [2.24, 2.45) is 0 Å². The number of aromatic nitrogens is 2. The van der Waals surface area contributed by atoms with E-state index >= 15 is 0 Å². The molecule has 4 nitrogen and oxygen atoms in total. The Kier molecular flexibility index (Phi) is 5.55. The highest BCUT2D eigenvalue weighted by Gasteiger charge is 2.43. The zero-order valence-corrected chi connectivity index (χ0v) is 15.3. The number of halogens is 4. The lowest BCUT2D eigenvalue weighted by Crippen LogP contribution is -2.32. The first-order valence-electron chi connectivity index (χ1n) is 7.28. The quantitative estimate of drug-likeness (QED) is 0.663. The fourth-order valence-electron chi connectivity index (χ4n) is 2.26. The van der Waals surface area contributed by atoms with Crippen LogP contribution in [0.2, 0.25) is 5.02 Å². The lowest BCUT2D eigenvalue weighted by atomic mass is 10.2. The number of rotatable bonds is 5. The molecule has 3 rings (SSSR count). The van der Waals surface area contributed by atoms with Gasteiger partial charge in [0.15, 0.2) is 0 Å². The van der Waals surface area contributed by atoms with E-state index in [0.717, 1.165) is 22.7 Å². The second-order valence-corrected chi connectivity index (χ2v) is 7.82. The summed E-state index contributed by atoms with van der Waals surface area (Å²) in [7, 11) is 0. The van der Waals surface area contributed by atoms with Gasteiger partial charge >= 0.3 is 6.18 Å². The first-order chi connectivity index (χ1) is 11.9. The molecule has 2 heterocycles. The van der Waals surface area contributed by atoms with Gasteiger partial charge in [-0.05, 0) is 19.1 Å². The number of hydrogen-bond donors (Lipinski definition) is 0. The molecule has 2 aromatic rings. The monoisotopic (exact) mass is 407 g/mol. The largest absolute Gasteiger partial charge is 0.431 e. The molecule has 1 aliphatic heterocycles. The molecule has 0 N–H and O–H groups in total. The zero-order chi connectivity index (χ0) is 18.0. The zero-order valence-electron chi connectivity index (χ0n) is 13.0. The summed E-state index contributed by atoms with van der Waals surface area (Å²) >= 11 is 8.38. The van der Waals surface area contributed by atoms with Crippen molar-refractivity contribution < 1.29 is 17.7 Å². The molecule has 0 radical (unpaired) electrons. The molecular weight excluding hydrogens is 395 g/mol. The molecule has 0 saturated heterocycles. The van der Waals surface area contributed by atoms with Gasteiger partial charge in [-0.1, -0.05) is 40.7 Å². The van der Waals surface area contributed by atoms with Gasteiger partial charge in [-0.15, -0.1) is 11.8 Å². The van der Waals surface area contributed by atoms with Gasteiger partial charge in [-0.25, -0.2) is 0 Å². The van der Waals surface area contributed by atoms with E-state index in [-0.39, 0.29) is 11.3 Å². The average Bonchev–Trinajstić information content (AvgIpc) is 3.19. The molecule has 10 heteroatoms. The molecule has 1 unspecified atom stereocenters. The molecule has 0 saturated carbocycles. The maximum absolute atomic E-state index is 13.0. The maximum atomic E-state index is 13.0. The summed E-state index contributed by atoms with van der Waals surface area (Å²) in [5, 5.41) is 5.61. The molecule has 25 heavy (non-hydrogen) atoms. The van der Waals surface area contributed by atoms with Crippen molar-refractivity contribution in [1.82, 2.24) is 15.0 Å². The summed E-state index contributed by atoms with van der Waals surface area (Å²) in [5.41, 5.74) is 0.113. The van der Waals surface area contributed by atoms with Crippen LogP contribution in [0.1, 0.15) is 12.8 Å². The molecule has 1 aromatic heterocycles. The fourth-order valence-corrected chi connectivity index (χ4v) is 4.90. The Balaban J connectivity index is 1.63. The van der Waals surface area contributed by atoms with Crippen LogP contribution in [0.15, 0.2) is 39.9 Å². The van der Waals surface area contributed by atoms with Gasteiger partial charge in [0.05, 0.1) is 5.75 Å². The van der Waals surface area contributed by atoms with Crippen LogP contribution in [0.3, 0.4) is 0 Å². The highest BCUT2D eigenvalue weighted by atomic mass is 35.5. The Labute approximate surface area is 155 Å². The summed E-state index contributed by atoms with van der Waals surface area (Å²) in [6, 6.07) is 7.04. The van der Waals surface area contributed by atoms with Gasteiger partial charge in [-0.3, -0.25) is 0 Å². The van der Waals surface area contributed by atoms with Crippen LogP contribution < -0.4 is 0 Å². The Morgan fingerprint density at radius 1 is 1.40 bits per heavy atom. The smallest absolute Gasteiger partial charge is 0.346 e. The van der Waals surface area contributed by atoms with Gasteiger partial charge in [0.25, 0.3) is 0 Å². The van der Waals surface area contributed by atoms with Crippen LogP contribution in [0.4, 0.5) is 13.2 Å². The molecule has 1 atom stereocenters. The Bertz CT molecular complexity index is 781. The van der Waals surface area contributed by atoms with Crippen molar-refractivity contribution in [3.63, 3.8) is 0 Å². The van der Waals surface area contributed by atoms with Crippen molar-refractivity contribution in [2.75, 3.05) is 6.54 Å². The second-order valence-electron chi connectivity index (χ2n) is 5.06. The number of thioether (sulfide) groups is 2. The third kappa shape index (κ3) is 4.27. The Hall–Kier alpha value is -1.32. The summed E-state index contributed by atoms with van der Waals surface area (Å²) in [6.07, 6.45) is -4.34. The minimum absolute atomic E-state index is 0.271. The highest BCUT2D eigenvalue weighted by Crippen LogP contribution is 2.44. The van der Waals surface area contributed by atoms with E-state index in [1.54, 1.807) is 31.2 Å². The van der Waals surface area contributed by atoms with E-state index in [1.165, 1.54) is 16.7 Å². The van der Waals surface area contributed by atoms with Gasteiger partial charge < -0.3 is 9.42 Å². The first kappa shape index (κ1) is 18.5. The summed E-state index contributed by atoms with van der Waals surface area (Å²) in [4.78, 5) is 5.60. The minimum Gasteiger partial charge on any atom is -0.346 e. The summed E-state index contributed by atoms with van der Waals surface area (Å²) < 4.78 is 43.7. The van der Waals surface area contributed by atoms with Crippen LogP contribution in [0.5, 0.6) is 0 Å². The standard InChI is InChI=1S/C15H13ClF3N3OS2/c1-2-22-11(15(17,18)19)7-24-14(22)25-8-12-20-13(21-23-12)9-4-3-5-10(16)6-9/h3-7,14H,2,8H2,1H3. The molecule has 0 aliphatic carbocycles. The van der Waals surface area contributed by atoms with Gasteiger partial charge in [-0.2, -0.15) is 18.2 Å². The fraction of sp³-hybridized carbons (Fsp3) is 0.333. The normalized spacial score (nSPS) is 17.9. The van der Waals surface area contributed by atoms with Crippen molar-refractivity contribution >= 4 is 35.1 Å². The van der Waals surface area contributed by atoms with Gasteiger partial charge in [0, 0.05) is 22.5 Å². The topological polar surface area (TPSA) is 42.2 Å². The first-order valence-corrected chi connectivity index (χ1v) is 9.65. The van der Waals surface area contributed by atoms with E-state index < -0.39 is 11.9 Å². The van der Waals surface area contributed by atoms with Crippen LogP contribution in [-0.2, 0) is 5.75 Å². The van der Waals surface area contributed by atoms with Crippen LogP contribution in [0, 0.1) is 0 Å². The van der Waals surface area contributed by atoms with Crippen molar-refractivity contribution in [1.29, 1.82) is 0 Å². The van der Waals surface area contributed by atoms with Gasteiger partial charge in [0.1, 0.15) is 10.4 Å². The molecule has 0 fully saturated rings. The van der Waals surface area contributed by atoms with E-state index in [0.29, 0.717) is 22.5 Å². The SMILES string of the molecule is CCN1C(C(F)(F)F)=CSC1SCc1nc(-c2cccc(Cl)c2)no1. The Morgan fingerprint density at radius 2 is 2.20 bits per heavy atom. The van der Waals surface area contributed by atoms with E-state index in [4.69, 9.17) is 16.1 Å². The lowest BCUT2D eigenvalue weighted by molar-refractivity contribution is -0.109. The minimum atomic E-state index is -4.34. The van der Waals surface area contributed by atoms with Gasteiger partial charge in [0.2, 0.25) is 11.7 Å². The lowest BCUT2D eigenvalue weighted by Gasteiger charge is -2.27. The van der Waals surface area contributed by atoms with Crippen LogP contribution >= 0.6 is 35.1 Å². The Morgan fingerprint density at radius 3 is 2.88 bits per heavy atom. The number of hydrogen-bond acceptors (Lipinski definition) is 6. The van der Waals surface area contributed by atoms with Crippen molar-refractivity contribution in [3.05, 3.63) is 46.3 Å². The van der Waals surface area contributed by atoms with Crippen molar-refractivity contribution in [2.45, 2.75) is 23.6 Å². The molecule has 134 valence electrons. The number of nitrogens with zero attached hydrogens (tertiary/aromatic N) is 3. The molecule has 0 amide bonds. The number of alkyl halides is 3. The molecule has 0 bridgehead atoms. The number of benzene rings is 1. The summed E-state index contributed by atoms with van der Waals surface area (Å²) in [6.45, 7) is 1.97. The van der Waals surface area contributed by atoms with Crippen molar-refractivity contribution in [3.8, 4) is 11.4 Å². The summed E-state index contributed by atoms with van der Waals surface area (Å²) in [5.74, 6) is 1.08. The third-order valence-corrected chi connectivity index (χ3v) is 6.17. The van der Waals surface area contributed by atoms with E-state index in [9.17, 15) is 13.2 Å². The second kappa shape index (κ2) is 7.51. The average molecular weight is 408 g/mol.